The molecule has 2 aromatic rings. The van der Waals surface area contributed by atoms with E-state index in [0.29, 0.717) is 16.8 Å². The van der Waals surface area contributed by atoms with E-state index in [0.717, 1.165) is 10.0 Å². The maximum absolute atomic E-state index is 12.1. The maximum Gasteiger partial charge on any atom is 0.337 e. The maximum atomic E-state index is 12.1. The zero-order valence-electron chi connectivity index (χ0n) is 11.6. The number of anilines is 1. The molecule has 0 aromatic heterocycles. The van der Waals surface area contributed by atoms with Crippen molar-refractivity contribution >= 4 is 33.5 Å². The van der Waals surface area contributed by atoms with E-state index in [1.54, 1.807) is 36.4 Å². The molecule has 21 heavy (non-hydrogen) atoms. The minimum atomic E-state index is -0.407. The summed E-state index contributed by atoms with van der Waals surface area (Å²) in [7, 11) is 1.33. The van der Waals surface area contributed by atoms with Crippen LogP contribution in [-0.4, -0.2) is 19.0 Å². The molecule has 0 heterocycles. The molecule has 0 bridgehead atoms. The van der Waals surface area contributed by atoms with E-state index in [4.69, 9.17) is 0 Å². The van der Waals surface area contributed by atoms with Crippen molar-refractivity contribution < 1.29 is 14.3 Å². The molecule has 1 amide bonds. The van der Waals surface area contributed by atoms with Crippen molar-refractivity contribution in [3.8, 4) is 0 Å². The number of halogens is 1. The summed E-state index contributed by atoms with van der Waals surface area (Å²) in [6.45, 7) is 1.96. The van der Waals surface area contributed by atoms with Gasteiger partial charge in [-0.2, -0.15) is 0 Å². The molecular weight excluding hydrogens is 334 g/mol. The van der Waals surface area contributed by atoms with Gasteiger partial charge in [0.1, 0.15) is 0 Å². The first-order valence-electron chi connectivity index (χ1n) is 6.27. The smallest absolute Gasteiger partial charge is 0.337 e. The average molecular weight is 348 g/mol. The van der Waals surface area contributed by atoms with Crippen LogP contribution in [0.2, 0.25) is 0 Å². The number of aryl methyl sites for hydroxylation is 1. The molecule has 0 saturated heterocycles. The van der Waals surface area contributed by atoms with Gasteiger partial charge in [0, 0.05) is 15.7 Å². The number of methoxy groups -OCH3 is 1. The van der Waals surface area contributed by atoms with Gasteiger partial charge in [0.05, 0.1) is 12.7 Å². The fourth-order valence-corrected chi connectivity index (χ4v) is 2.12. The summed E-state index contributed by atoms with van der Waals surface area (Å²) in [6.07, 6.45) is 0. The molecule has 2 aromatic carbocycles. The first-order valence-corrected chi connectivity index (χ1v) is 7.06. The largest absolute Gasteiger partial charge is 0.465 e. The molecule has 108 valence electrons. The van der Waals surface area contributed by atoms with E-state index < -0.39 is 5.97 Å². The quantitative estimate of drug-likeness (QED) is 0.859. The van der Waals surface area contributed by atoms with Gasteiger partial charge >= 0.3 is 5.97 Å². The predicted molar refractivity (Wildman–Crippen MR) is 84.6 cm³/mol. The van der Waals surface area contributed by atoms with Crippen molar-refractivity contribution in [3.63, 3.8) is 0 Å². The van der Waals surface area contributed by atoms with Crippen LogP contribution >= 0.6 is 15.9 Å². The van der Waals surface area contributed by atoms with Crippen molar-refractivity contribution in [2.45, 2.75) is 6.92 Å². The van der Waals surface area contributed by atoms with Crippen molar-refractivity contribution in [1.82, 2.24) is 0 Å². The summed E-state index contributed by atoms with van der Waals surface area (Å²) in [6, 6.07) is 11.9. The lowest BCUT2D eigenvalue weighted by Gasteiger charge is -2.07. The number of ether oxygens (including phenoxy) is 1. The summed E-state index contributed by atoms with van der Waals surface area (Å²) >= 11 is 3.40. The van der Waals surface area contributed by atoms with Crippen LogP contribution in [0.3, 0.4) is 0 Å². The van der Waals surface area contributed by atoms with E-state index in [1.165, 1.54) is 7.11 Å². The molecule has 0 radical (unpaired) electrons. The second-order valence-electron chi connectivity index (χ2n) is 4.49. The molecule has 0 fully saturated rings. The van der Waals surface area contributed by atoms with E-state index >= 15 is 0 Å². The molecular formula is C16H14BrNO3. The summed E-state index contributed by atoms with van der Waals surface area (Å²) in [5.74, 6) is -0.614. The fraction of sp³-hybridized carbons (Fsp3) is 0.125. The van der Waals surface area contributed by atoms with Gasteiger partial charge in [0.2, 0.25) is 0 Å². The highest BCUT2D eigenvalue weighted by molar-refractivity contribution is 9.10. The van der Waals surface area contributed by atoms with Gasteiger partial charge in [-0.25, -0.2) is 4.79 Å². The summed E-state index contributed by atoms with van der Waals surface area (Å²) in [5, 5.41) is 2.78. The third kappa shape index (κ3) is 3.70. The highest BCUT2D eigenvalue weighted by Crippen LogP contribution is 2.19. The fourth-order valence-electron chi connectivity index (χ4n) is 1.74. The monoisotopic (exact) mass is 347 g/mol. The average Bonchev–Trinajstić information content (AvgIpc) is 2.50. The number of esters is 1. The van der Waals surface area contributed by atoms with Gasteiger partial charge in [-0.05, 0) is 48.9 Å². The first kappa shape index (κ1) is 15.3. The summed E-state index contributed by atoms with van der Waals surface area (Å²) in [4.78, 5) is 23.5. The Labute approximate surface area is 131 Å². The second-order valence-corrected chi connectivity index (χ2v) is 5.34. The SMILES string of the molecule is COC(=O)c1ccc(NC(=O)c2ccc(C)c(Br)c2)cc1. The number of carbonyl (C=O) groups excluding carboxylic acids is 2. The van der Waals surface area contributed by atoms with Gasteiger partial charge in [-0.3, -0.25) is 4.79 Å². The number of carbonyl (C=O) groups is 2. The predicted octanol–water partition coefficient (Wildman–Crippen LogP) is 3.80. The Morgan fingerprint density at radius 2 is 1.67 bits per heavy atom. The lowest BCUT2D eigenvalue weighted by atomic mass is 10.1. The number of amides is 1. The standard InChI is InChI=1S/C16H14BrNO3/c1-10-3-4-12(9-14(10)17)15(19)18-13-7-5-11(6-8-13)16(20)21-2/h3-9H,1-2H3,(H,18,19). The Bertz CT molecular complexity index is 680. The van der Waals surface area contributed by atoms with Crippen LogP contribution in [0.1, 0.15) is 26.3 Å². The van der Waals surface area contributed by atoms with Crippen molar-refractivity contribution in [2.75, 3.05) is 12.4 Å². The van der Waals surface area contributed by atoms with Crippen LogP contribution in [0, 0.1) is 6.92 Å². The Kier molecular flexibility index (Phi) is 4.75. The number of hydrogen-bond acceptors (Lipinski definition) is 3. The minimum absolute atomic E-state index is 0.207. The van der Waals surface area contributed by atoms with Gasteiger partial charge in [0.15, 0.2) is 0 Å². The Morgan fingerprint density at radius 1 is 1.05 bits per heavy atom. The molecule has 5 heteroatoms. The van der Waals surface area contributed by atoms with Crippen LogP contribution in [0.5, 0.6) is 0 Å². The normalized spacial score (nSPS) is 10.0. The third-order valence-corrected chi connectivity index (χ3v) is 3.85. The van der Waals surface area contributed by atoms with E-state index in [-0.39, 0.29) is 5.91 Å². The highest BCUT2D eigenvalue weighted by Gasteiger charge is 2.09. The molecule has 0 atom stereocenters. The molecule has 0 spiro atoms. The van der Waals surface area contributed by atoms with Gasteiger partial charge in [-0.1, -0.05) is 22.0 Å². The molecule has 0 aliphatic carbocycles. The molecule has 0 unspecified atom stereocenters. The van der Waals surface area contributed by atoms with Crippen molar-refractivity contribution in [1.29, 1.82) is 0 Å². The minimum Gasteiger partial charge on any atom is -0.465 e. The van der Waals surface area contributed by atoms with Crippen molar-refractivity contribution in [2.24, 2.45) is 0 Å². The third-order valence-electron chi connectivity index (χ3n) is 3.00. The van der Waals surface area contributed by atoms with E-state index in [9.17, 15) is 9.59 Å². The van der Waals surface area contributed by atoms with Gasteiger partial charge < -0.3 is 10.1 Å². The first-order chi connectivity index (χ1) is 10.0. The van der Waals surface area contributed by atoms with Crippen LogP contribution in [-0.2, 0) is 4.74 Å². The Balaban J connectivity index is 2.12. The highest BCUT2D eigenvalue weighted by atomic mass is 79.9. The topological polar surface area (TPSA) is 55.4 Å². The Hall–Kier alpha value is -2.14. The molecule has 0 aliphatic heterocycles. The van der Waals surface area contributed by atoms with Gasteiger partial charge in [0.25, 0.3) is 5.91 Å². The molecule has 1 N–H and O–H groups in total. The van der Waals surface area contributed by atoms with Crippen molar-refractivity contribution in [3.05, 3.63) is 63.6 Å². The molecule has 4 nitrogen and oxygen atoms in total. The second kappa shape index (κ2) is 6.54. The van der Waals surface area contributed by atoms with Crippen LogP contribution in [0.4, 0.5) is 5.69 Å². The zero-order chi connectivity index (χ0) is 15.4. The zero-order valence-corrected chi connectivity index (χ0v) is 13.2. The molecule has 0 aliphatic rings. The van der Waals surface area contributed by atoms with E-state index in [2.05, 4.69) is 26.0 Å². The van der Waals surface area contributed by atoms with Crippen LogP contribution in [0.15, 0.2) is 46.9 Å². The number of benzene rings is 2. The summed E-state index contributed by atoms with van der Waals surface area (Å²) in [5.41, 5.74) is 2.68. The molecule has 0 saturated carbocycles. The van der Waals surface area contributed by atoms with Gasteiger partial charge in [-0.15, -0.1) is 0 Å². The number of rotatable bonds is 3. The lowest BCUT2D eigenvalue weighted by molar-refractivity contribution is 0.0600. The number of nitrogens with one attached hydrogen (secondary N) is 1. The van der Waals surface area contributed by atoms with E-state index in [1.807, 2.05) is 13.0 Å². The number of hydrogen-bond donors (Lipinski definition) is 1. The molecule has 2 rings (SSSR count). The van der Waals surface area contributed by atoms with Crippen LogP contribution in [0.25, 0.3) is 0 Å². The Morgan fingerprint density at radius 3 is 2.24 bits per heavy atom. The van der Waals surface area contributed by atoms with Crippen LogP contribution < -0.4 is 5.32 Å². The summed E-state index contributed by atoms with van der Waals surface area (Å²) < 4.78 is 5.50. The lowest BCUT2D eigenvalue weighted by Crippen LogP contribution is -2.12.